The second-order valence-electron chi connectivity index (χ2n) is 4.34. The summed E-state index contributed by atoms with van der Waals surface area (Å²) < 4.78 is 0.287. The average molecular weight is 275 g/mol. The molecule has 2 unspecified atom stereocenters. The zero-order chi connectivity index (χ0) is 12.4. The van der Waals surface area contributed by atoms with Crippen molar-refractivity contribution in [3.8, 4) is 0 Å². The van der Waals surface area contributed by atoms with E-state index in [0.717, 1.165) is 24.2 Å². The number of carbonyl (C=O) groups excluding carboxylic acids is 1. The molecule has 7 heteroatoms. The highest BCUT2D eigenvalue weighted by molar-refractivity contribution is 7.17. The first-order chi connectivity index (χ1) is 8.08. The Bertz CT molecular complexity index is 401. The Balaban J connectivity index is 2.02. The van der Waals surface area contributed by atoms with Crippen molar-refractivity contribution in [2.24, 2.45) is 0 Å². The number of piperidine rings is 1. The molecule has 0 aromatic carbocycles. The van der Waals surface area contributed by atoms with Crippen LogP contribution in [0.5, 0.6) is 0 Å². The Morgan fingerprint density at radius 2 is 2.06 bits per heavy atom. The van der Waals surface area contributed by atoms with E-state index in [-0.39, 0.29) is 10.4 Å². The van der Waals surface area contributed by atoms with Gasteiger partial charge < -0.3 is 0 Å². The fourth-order valence-corrected chi connectivity index (χ4v) is 2.82. The largest absolute Gasteiger partial charge is 0.296 e. The minimum Gasteiger partial charge on any atom is -0.282 e. The molecular weight excluding hydrogens is 260 g/mol. The molecule has 5 nitrogen and oxygen atoms in total. The van der Waals surface area contributed by atoms with Crippen LogP contribution >= 0.6 is 22.9 Å². The number of nitrogens with zero attached hydrogens (tertiary/aromatic N) is 3. The second kappa shape index (κ2) is 5.29. The van der Waals surface area contributed by atoms with E-state index in [4.69, 9.17) is 11.6 Å². The van der Waals surface area contributed by atoms with Gasteiger partial charge in [-0.1, -0.05) is 17.8 Å². The number of halogens is 1. The smallest absolute Gasteiger partial charge is 0.282 e. The molecule has 0 spiro atoms. The Morgan fingerprint density at radius 1 is 1.41 bits per heavy atom. The van der Waals surface area contributed by atoms with Crippen LogP contribution in [0.1, 0.15) is 42.9 Å². The van der Waals surface area contributed by atoms with E-state index >= 15 is 0 Å². The van der Waals surface area contributed by atoms with Crippen LogP contribution in [0.2, 0.25) is 4.47 Å². The van der Waals surface area contributed by atoms with Gasteiger partial charge >= 0.3 is 0 Å². The van der Waals surface area contributed by atoms with Gasteiger partial charge in [0, 0.05) is 12.1 Å². The minimum absolute atomic E-state index is 0.227. The summed E-state index contributed by atoms with van der Waals surface area (Å²) in [7, 11) is 0. The highest BCUT2D eigenvalue weighted by Gasteiger charge is 2.27. The highest BCUT2D eigenvalue weighted by atomic mass is 35.5. The predicted octanol–water partition coefficient (Wildman–Crippen LogP) is 2.10. The summed E-state index contributed by atoms with van der Waals surface area (Å²) in [6, 6.07) is 0.706. The van der Waals surface area contributed by atoms with E-state index in [9.17, 15) is 4.79 Å². The summed E-state index contributed by atoms with van der Waals surface area (Å²) in [5.41, 5.74) is 2.89. The second-order valence-corrected chi connectivity index (χ2v) is 5.90. The molecule has 1 aliphatic heterocycles. The van der Waals surface area contributed by atoms with Gasteiger partial charge in [0.25, 0.3) is 5.91 Å². The quantitative estimate of drug-likeness (QED) is 0.897. The number of hydrogen-bond donors (Lipinski definition) is 1. The molecule has 1 fully saturated rings. The van der Waals surface area contributed by atoms with E-state index in [2.05, 4.69) is 29.5 Å². The third kappa shape index (κ3) is 2.94. The van der Waals surface area contributed by atoms with E-state index in [1.165, 1.54) is 6.42 Å². The van der Waals surface area contributed by atoms with Crippen LogP contribution < -0.4 is 5.43 Å². The number of hydrazine groups is 1. The first-order valence-electron chi connectivity index (χ1n) is 5.66. The molecule has 0 radical (unpaired) electrons. The molecule has 1 amide bonds. The van der Waals surface area contributed by atoms with Gasteiger partial charge in [-0.15, -0.1) is 10.2 Å². The number of carbonyl (C=O) groups is 1. The lowest BCUT2D eigenvalue weighted by atomic mass is 10.00. The molecular formula is C10H15ClN4OS. The van der Waals surface area contributed by atoms with Crippen molar-refractivity contribution < 1.29 is 4.79 Å². The average Bonchev–Trinajstić information content (AvgIpc) is 2.70. The molecule has 1 aromatic heterocycles. The summed E-state index contributed by atoms with van der Waals surface area (Å²) in [5.74, 6) is -0.227. The van der Waals surface area contributed by atoms with E-state index < -0.39 is 0 Å². The lowest BCUT2D eigenvalue weighted by molar-refractivity contribution is 0.0369. The molecule has 2 atom stereocenters. The van der Waals surface area contributed by atoms with Crippen LogP contribution in [0.3, 0.4) is 0 Å². The van der Waals surface area contributed by atoms with Crippen molar-refractivity contribution in [1.29, 1.82) is 0 Å². The highest BCUT2D eigenvalue weighted by Crippen LogP contribution is 2.21. The molecule has 2 heterocycles. The molecule has 1 saturated heterocycles. The van der Waals surface area contributed by atoms with Crippen LogP contribution in [-0.4, -0.2) is 33.2 Å². The molecule has 2 rings (SSSR count). The molecule has 0 saturated carbocycles. The van der Waals surface area contributed by atoms with Crippen molar-refractivity contribution in [2.75, 3.05) is 0 Å². The van der Waals surface area contributed by atoms with Gasteiger partial charge in [-0.3, -0.25) is 10.2 Å². The van der Waals surface area contributed by atoms with E-state index in [1.54, 1.807) is 0 Å². The number of nitrogens with one attached hydrogen (secondary N) is 1. The topological polar surface area (TPSA) is 58.1 Å². The zero-order valence-electron chi connectivity index (χ0n) is 9.81. The molecule has 94 valence electrons. The number of hydrogen-bond acceptors (Lipinski definition) is 5. The maximum absolute atomic E-state index is 11.9. The van der Waals surface area contributed by atoms with Crippen molar-refractivity contribution in [2.45, 2.75) is 45.2 Å². The van der Waals surface area contributed by atoms with Gasteiger partial charge in [-0.2, -0.15) is 0 Å². The molecule has 0 aliphatic carbocycles. The van der Waals surface area contributed by atoms with Gasteiger partial charge in [0.05, 0.1) is 0 Å². The van der Waals surface area contributed by atoms with Crippen LogP contribution in [0.25, 0.3) is 0 Å². The number of aromatic nitrogens is 2. The first-order valence-corrected chi connectivity index (χ1v) is 6.85. The molecule has 17 heavy (non-hydrogen) atoms. The van der Waals surface area contributed by atoms with Crippen molar-refractivity contribution >= 4 is 28.8 Å². The van der Waals surface area contributed by atoms with Gasteiger partial charge in [-0.05, 0) is 38.3 Å². The van der Waals surface area contributed by atoms with Crippen molar-refractivity contribution in [3.63, 3.8) is 0 Å². The number of amides is 1. The maximum Gasteiger partial charge on any atom is 0.296 e. The van der Waals surface area contributed by atoms with Gasteiger partial charge in [-0.25, -0.2) is 5.01 Å². The fourth-order valence-electron chi connectivity index (χ4n) is 2.10. The Labute approximate surface area is 109 Å². The van der Waals surface area contributed by atoms with Crippen LogP contribution in [0.4, 0.5) is 0 Å². The Morgan fingerprint density at radius 3 is 2.59 bits per heavy atom. The summed E-state index contributed by atoms with van der Waals surface area (Å²) in [6.45, 7) is 4.23. The first kappa shape index (κ1) is 12.7. The zero-order valence-corrected chi connectivity index (χ0v) is 11.4. The lowest BCUT2D eigenvalue weighted by Gasteiger charge is -2.38. The summed E-state index contributed by atoms with van der Waals surface area (Å²) in [5, 5.41) is 9.66. The van der Waals surface area contributed by atoms with Gasteiger partial charge in [0.15, 0.2) is 0 Å². The van der Waals surface area contributed by atoms with Crippen LogP contribution in [0.15, 0.2) is 0 Å². The maximum atomic E-state index is 11.9. The molecule has 1 aromatic rings. The normalized spacial score (nSPS) is 25.8. The van der Waals surface area contributed by atoms with Crippen molar-refractivity contribution in [3.05, 3.63) is 9.47 Å². The SMILES string of the molecule is CC1CCCC(C)N1NC(=O)c1nnc(Cl)s1. The summed E-state index contributed by atoms with van der Waals surface area (Å²) in [4.78, 5) is 11.9. The van der Waals surface area contributed by atoms with Crippen LogP contribution in [-0.2, 0) is 0 Å². The third-order valence-electron chi connectivity index (χ3n) is 3.02. The monoisotopic (exact) mass is 274 g/mol. The molecule has 1 N–H and O–H groups in total. The molecule has 1 aliphatic rings. The third-order valence-corrected chi connectivity index (χ3v) is 4.04. The standard InChI is InChI=1S/C10H15ClN4OS/c1-6-4-3-5-7(2)15(6)14-8(16)9-12-13-10(11)17-9/h6-7H,3-5H2,1-2H3,(H,14,16). The summed E-state index contributed by atoms with van der Waals surface area (Å²) in [6.07, 6.45) is 3.41. The minimum atomic E-state index is -0.227. The Kier molecular flexibility index (Phi) is 3.96. The summed E-state index contributed by atoms with van der Waals surface area (Å²) >= 11 is 6.75. The van der Waals surface area contributed by atoms with E-state index in [1.807, 2.05) is 5.01 Å². The fraction of sp³-hybridized carbons (Fsp3) is 0.700. The van der Waals surface area contributed by atoms with Gasteiger partial charge in [0.2, 0.25) is 9.47 Å². The van der Waals surface area contributed by atoms with E-state index in [0.29, 0.717) is 17.1 Å². The number of rotatable bonds is 2. The lowest BCUT2D eigenvalue weighted by Crippen LogP contribution is -2.54. The predicted molar refractivity (Wildman–Crippen MR) is 67.0 cm³/mol. The van der Waals surface area contributed by atoms with Gasteiger partial charge in [0.1, 0.15) is 0 Å². The van der Waals surface area contributed by atoms with Crippen molar-refractivity contribution in [1.82, 2.24) is 20.6 Å². The Hall–Kier alpha value is -0.720. The van der Waals surface area contributed by atoms with Crippen LogP contribution in [0, 0.1) is 0 Å². The molecule has 0 bridgehead atoms.